The number of rotatable bonds is 2. The van der Waals surface area contributed by atoms with Gasteiger partial charge in [0.15, 0.2) is 0 Å². The lowest BCUT2D eigenvalue weighted by atomic mass is 9.99. The number of ether oxygens (including phenoxy) is 2. The summed E-state index contributed by atoms with van der Waals surface area (Å²) in [7, 11) is 0. The molecule has 0 unspecified atom stereocenters. The van der Waals surface area contributed by atoms with Gasteiger partial charge in [-0.1, -0.05) is 6.07 Å². The van der Waals surface area contributed by atoms with Crippen molar-refractivity contribution in [2.45, 2.75) is 19.3 Å². The van der Waals surface area contributed by atoms with E-state index in [4.69, 9.17) is 10.5 Å². The van der Waals surface area contributed by atoms with E-state index in [9.17, 15) is 8.78 Å². The lowest BCUT2D eigenvalue weighted by Crippen LogP contribution is -2.23. The Morgan fingerprint density at radius 2 is 2.27 bits per heavy atom. The summed E-state index contributed by atoms with van der Waals surface area (Å²) in [6, 6.07) is 4.56. The van der Waals surface area contributed by atoms with Crippen molar-refractivity contribution >= 4 is 0 Å². The largest absolute Gasteiger partial charge is 0.435 e. The lowest BCUT2D eigenvalue weighted by Gasteiger charge is -2.22. The molecule has 3 nitrogen and oxygen atoms in total. The molecule has 1 aliphatic heterocycles. The minimum Gasteiger partial charge on any atom is -0.435 e. The normalized spacial score (nSPS) is 20.1. The molecular formula is C10H11F2NO2. The van der Waals surface area contributed by atoms with Crippen molar-refractivity contribution in [3.05, 3.63) is 29.3 Å². The van der Waals surface area contributed by atoms with Gasteiger partial charge >= 0.3 is 6.61 Å². The maximum Gasteiger partial charge on any atom is 0.387 e. The van der Waals surface area contributed by atoms with Crippen LogP contribution in [0.15, 0.2) is 18.2 Å². The van der Waals surface area contributed by atoms with E-state index in [0.29, 0.717) is 13.2 Å². The van der Waals surface area contributed by atoms with Crippen molar-refractivity contribution in [2.75, 3.05) is 6.61 Å². The van der Waals surface area contributed by atoms with Gasteiger partial charge in [0, 0.05) is 0 Å². The number of benzene rings is 1. The first-order chi connectivity index (χ1) is 7.16. The summed E-state index contributed by atoms with van der Waals surface area (Å²) in [6.45, 7) is -1.95. The summed E-state index contributed by atoms with van der Waals surface area (Å²) in [5, 5.41) is 0. The fourth-order valence-electron chi connectivity index (χ4n) is 1.63. The molecule has 5 heteroatoms. The van der Waals surface area contributed by atoms with E-state index >= 15 is 0 Å². The first kappa shape index (κ1) is 10.3. The molecule has 0 aromatic heterocycles. The molecule has 82 valence electrons. The van der Waals surface area contributed by atoms with Crippen LogP contribution >= 0.6 is 0 Å². The monoisotopic (exact) mass is 215 g/mol. The van der Waals surface area contributed by atoms with Gasteiger partial charge in [0.1, 0.15) is 5.75 Å². The molecule has 0 saturated heterocycles. The van der Waals surface area contributed by atoms with Crippen LogP contribution in [0.1, 0.15) is 17.2 Å². The Hall–Kier alpha value is -1.20. The van der Waals surface area contributed by atoms with E-state index in [2.05, 4.69) is 4.74 Å². The molecule has 0 amide bonds. The lowest BCUT2D eigenvalue weighted by molar-refractivity contribution is -0.0500. The Bertz CT molecular complexity index is 357. The first-order valence-electron chi connectivity index (χ1n) is 4.58. The van der Waals surface area contributed by atoms with Gasteiger partial charge in [-0.15, -0.1) is 0 Å². The minimum absolute atomic E-state index is 0.140. The number of nitrogens with two attached hydrogens (primary N) is 1. The number of alkyl halides is 2. The molecule has 0 fully saturated rings. The first-order valence-corrected chi connectivity index (χ1v) is 4.58. The molecule has 1 aromatic carbocycles. The highest BCUT2D eigenvalue weighted by atomic mass is 19.3. The van der Waals surface area contributed by atoms with Crippen LogP contribution in [0, 0.1) is 0 Å². The van der Waals surface area contributed by atoms with Crippen LogP contribution in [0.2, 0.25) is 0 Å². The van der Waals surface area contributed by atoms with E-state index in [1.165, 1.54) is 6.07 Å². The molecule has 0 saturated carbocycles. The zero-order valence-electron chi connectivity index (χ0n) is 7.95. The molecule has 15 heavy (non-hydrogen) atoms. The highest BCUT2D eigenvalue weighted by Gasteiger charge is 2.18. The summed E-state index contributed by atoms with van der Waals surface area (Å²) in [5.41, 5.74) is 7.53. The predicted molar refractivity (Wildman–Crippen MR) is 49.7 cm³/mol. The maximum atomic E-state index is 12.0. The van der Waals surface area contributed by atoms with Crippen molar-refractivity contribution in [2.24, 2.45) is 5.73 Å². The van der Waals surface area contributed by atoms with Gasteiger partial charge in [-0.3, -0.25) is 0 Å². The average molecular weight is 215 g/mol. The van der Waals surface area contributed by atoms with Crippen LogP contribution in [0.25, 0.3) is 0 Å². The molecule has 0 radical (unpaired) electrons. The molecule has 0 aliphatic carbocycles. The van der Waals surface area contributed by atoms with E-state index in [-0.39, 0.29) is 11.8 Å². The molecule has 1 aromatic rings. The second kappa shape index (κ2) is 4.12. The predicted octanol–water partition coefficient (Wildman–Crippen LogP) is 1.82. The summed E-state index contributed by atoms with van der Waals surface area (Å²) in [5.74, 6) is 0.140. The molecule has 1 atom stereocenters. The zero-order chi connectivity index (χ0) is 10.8. The van der Waals surface area contributed by atoms with Crippen LogP contribution in [0.3, 0.4) is 0 Å². The third-order valence-corrected chi connectivity index (χ3v) is 2.29. The summed E-state index contributed by atoms with van der Waals surface area (Å²) < 4.78 is 33.4. The van der Waals surface area contributed by atoms with Crippen molar-refractivity contribution in [3.63, 3.8) is 0 Å². The molecule has 2 N–H and O–H groups in total. The molecule has 0 spiro atoms. The molecule has 0 bridgehead atoms. The average Bonchev–Trinajstić information content (AvgIpc) is 2.17. The van der Waals surface area contributed by atoms with E-state index in [0.717, 1.165) is 11.1 Å². The van der Waals surface area contributed by atoms with E-state index < -0.39 is 6.61 Å². The van der Waals surface area contributed by atoms with Crippen LogP contribution in [0.5, 0.6) is 5.75 Å². The Balaban J connectivity index is 2.25. The van der Waals surface area contributed by atoms with Gasteiger partial charge in [-0.25, -0.2) is 0 Å². The van der Waals surface area contributed by atoms with Gasteiger partial charge in [0.25, 0.3) is 0 Å². The Morgan fingerprint density at radius 3 is 3.00 bits per heavy atom. The topological polar surface area (TPSA) is 44.5 Å². The van der Waals surface area contributed by atoms with Crippen molar-refractivity contribution in [3.8, 4) is 5.75 Å². The fraction of sp³-hybridized carbons (Fsp3) is 0.400. The minimum atomic E-state index is -2.80. The summed E-state index contributed by atoms with van der Waals surface area (Å²) in [4.78, 5) is 0. The number of halogens is 2. The van der Waals surface area contributed by atoms with Gasteiger partial charge < -0.3 is 15.2 Å². The second-order valence-corrected chi connectivity index (χ2v) is 3.36. The summed E-state index contributed by atoms with van der Waals surface area (Å²) in [6.07, 6.45) is 0. The maximum absolute atomic E-state index is 12.0. The van der Waals surface area contributed by atoms with Gasteiger partial charge in [-0.2, -0.15) is 8.78 Å². The van der Waals surface area contributed by atoms with E-state index in [1.807, 2.05) is 0 Å². The highest BCUT2D eigenvalue weighted by molar-refractivity contribution is 5.38. The standard InChI is InChI=1S/C10H11F2NO2/c11-10(12)15-7-1-2-8-6(3-7)4-14-5-9(8)13/h1-3,9-10H,4-5,13H2/t9-/m0/s1. The Labute approximate surface area is 85.8 Å². The molecule has 1 aliphatic rings. The van der Waals surface area contributed by atoms with Crippen LogP contribution in [-0.2, 0) is 11.3 Å². The number of fused-ring (bicyclic) bond motifs is 1. The fourth-order valence-corrected chi connectivity index (χ4v) is 1.63. The number of hydrogen-bond acceptors (Lipinski definition) is 3. The SMILES string of the molecule is N[C@H]1COCc2cc(OC(F)F)ccc21. The third-order valence-electron chi connectivity index (χ3n) is 2.29. The van der Waals surface area contributed by atoms with Crippen LogP contribution < -0.4 is 10.5 Å². The molecule has 1 heterocycles. The third kappa shape index (κ3) is 2.24. The molecule has 2 rings (SSSR count). The van der Waals surface area contributed by atoms with Crippen molar-refractivity contribution in [1.29, 1.82) is 0 Å². The Kier molecular flexibility index (Phi) is 2.83. The van der Waals surface area contributed by atoms with Gasteiger partial charge in [-0.05, 0) is 23.3 Å². The van der Waals surface area contributed by atoms with Crippen LogP contribution in [-0.4, -0.2) is 13.2 Å². The second-order valence-electron chi connectivity index (χ2n) is 3.36. The van der Waals surface area contributed by atoms with Crippen molar-refractivity contribution < 1.29 is 18.3 Å². The van der Waals surface area contributed by atoms with Gasteiger partial charge in [0.05, 0.1) is 19.3 Å². The zero-order valence-corrected chi connectivity index (χ0v) is 7.95. The van der Waals surface area contributed by atoms with Gasteiger partial charge in [0.2, 0.25) is 0 Å². The smallest absolute Gasteiger partial charge is 0.387 e. The Morgan fingerprint density at radius 1 is 1.47 bits per heavy atom. The molecular weight excluding hydrogens is 204 g/mol. The quantitative estimate of drug-likeness (QED) is 0.818. The van der Waals surface area contributed by atoms with E-state index in [1.54, 1.807) is 12.1 Å². The van der Waals surface area contributed by atoms with Crippen LogP contribution in [0.4, 0.5) is 8.78 Å². The van der Waals surface area contributed by atoms with Crippen molar-refractivity contribution in [1.82, 2.24) is 0 Å². The highest BCUT2D eigenvalue weighted by Crippen LogP contribution is 2.27. The number of hydrogen-bond donors (Lipinski definition) is 1. The summed E-state index contributed by atoms with van der Waals surface area (Å²) >= 11 is 0.